The minimum atomic E-state index is -0.0482. The van der Waals surface area contributed by atoms with Gasteiger partial charge in [0.2, 0.25) is 0 Å². The standard InChI is InChI=1S/C15H31N3O/c1-12-8-18(9-13(2)17(12)5)15(11-16)6-7-19-14(3,4)10-15/h12-13H,6-11,16H2,1-5H3. The van der Waals surface area contributed by atoms with Crippen molar-refractivity contribution in [3.63, 3.8) is 0 Å². The first-order valence-electron chi connectivity index (χ1n) is 7.61. The topological polar surface area (TPSA) is 41.7 Å². The summed E-state index contributed by atoms with van der Waals surface area (Å²) < 4.78 is 5.90. The van der Waals surface area contributed by atoms with Crippen LogP contribution in [-0.4, -0.2) is 66.3 Å². The van der Waals surface area contributed by atoms with E-state index in [1.807, 2.05) is 0 Å². The monoisotopic (exact) mass is 269 g/mol. The van der Waals surface area contributed by atoms with Crippen molar-refractivity contribution in [3.05, 3.63) is 0 Å². The maximum atomic E-state index is 6.20. The van der Waals surface area contributed by atoms with E-state index in [1.165, 1.54) is 0 Å². The first-order valence-corrected chi connectivity index (χ1v) is 7.61. The third-order valence-corrected chi connectivity index (χ3v) is 5.23. The summed E-state index contributed by atoms with van der Waals surface area (Å²) in [6.45, 7) is 12.8. The van der Waals surface area contributed by atoms with Gasteiger partial charge >= 0.3 is 0 Å². The summed E-state index contributed by atoms with van der Waals surface area (Å²) >= 11 is 0. The number of nitrogens with two attached hydrogens (primary N) is 1. The molecule has 19 heavy (non-hydrogen) atoms. The van der Waals surface area contributed by atoms with Gasteiger partial charge in [0.05, 0.1) is 5.60 Å². The molecule has 2 aliphatic rings. The van der Waals surface area contributed by atoms with E-state index in [-0.39, 0.29) is 11.1 Å². The molecular weight excluding hydrogens is 238 g/mol. The number of rotatable bonds is 2. The summed E-state index contributed by atoms with van der Waals surface area (Å²) in [4.78, 5) is 5.12. The van der Waals surface area contributed by atoms with Crippen LogP contribution in [0.25, 0.3) is 0 Å². The Morgan fingerprint density at radius 2 is 1.79 bits per heavy atom. The second-order valence-electron chi connectivity index (χ2n) is 7.23. The van der Waals surface area contributed by atoms with Gasteiger partial charge in [-0.3, -0.25) is 9.80 Å². The molecule has 112 valence electrons. The molecule has 0 amide bonds. The van der Waals surface area contributed by atoms with Crippen LogP contribution < -0.4 is 5.73 Å². The number of piperazine rings is 1. The van der Waals surface area contributed by atoms with Gasteiger partial charge in [0.15, 0.2) is 0 Å². The zero-order valence-corrected chi connectivity index (χ0v) is 13.3. The quantitative estimate of drug-likeness (QED) is 0.820. The normalized spacial score (nSPS) is 41.4. The summed E-state index contributed by atoms with van der Waals surface area (Å²) in [5.41, 5.74) is 6.29. The van der Waals surface area contributed by atoms with Gasteiger partial charge in [0.25, 0.3) is 0 Å². The summed E-state index contributed by atoms with van der Waals surface area (Å²) in [6, 6.07) is 1.19. The lowest BCUT2D eigenvalue weighted by atomic mass is 9.79. The number of ether oxygens (including phenoxy) is 1. The van der Waals surface area contributed by atoms with Crippen LogP contribution in [-0.2, 0) is 4.74 Å². The molecule has 3 unspecified atom stereocenters. The van der Waals surface area contributed by atoms with Crippen molar-refractivity contribution in [1.29, 1.82) is 0 Å². The van der Waals surface area contributed by atoms with Gasteiger partial charge in [-0.1, -0.05) is 0 Å². The number of hydrogen-bond donors (Lipinski definition) is 1. The predicted octanol–water partition coefficient (Wildman–Crippen LogP) is 1.30. The Kier molecular flexibility index (Phi) is 4.26. The van der Waals surface area contributed by atoms with Crippen molar-refractivity contribution in [2.45, 2.75) is 63.8 Å². The largest absolute Gasteiger partial charge is 0.375 e. The van der Waals surface area contributed by atoms with E-state index in [0.717, 1.165) is 39.1 Å². The van der Waals surface area contributed by atoms with Gasteiger partial charge in [0.1, 0.15) is 0 Å². The van der Waals surface area contributed by atoms with Crippen LogP contribution in [0.5, 0.6) is 0 Å². The molecule has 2 N–H and O–H groups in total. The Morgan fingerprint density at radius 3 is 2.26 bits per heavy atom. The smallest absolute Gasteiger partial charge is 0.0644 e. The lowest BCUT2D eigenvalue weighted by Gasteiger charge is -2.55. The lowest BCUT2D eigenvalue weighted by molar-refractivity contribution is -0.132. The second kappa shape index (κ2) is 5.32. The third kappa shape index (κ3) is 2.97. The molecule has 2 fully saturated rings. The van der Waals surface area contributed by atoms with Crippen LogP contribution in [0.4, 0.5) is 0 Å². The van der Waals surface area contributed by atoms with Crippen molar-refractivity contribution >= 4 is 0 Å². The van der Waals surface area contributed by atoms with Gasteiger partial charge in [-0.2, -0.15) is 0 Å². The van der Waals surface area contributed by atoms with Crippen LogP contribution in [0.15, 0.2) is 0 Å². The van der Waals surface area contributed by atoms with Gasteiger partial charge in [0, 0.05) is 43.9 Å². The fraction of sp³-hybridized carbons (Fsp3) is 1.00. The second-order valence-corrected chi connectivity index (χ2v) is 7.23. The van der Waals surface area contributed by atoms with Gasteiger partial charge in [-0.15, -0.1) is 0 Å². The van der Waals surface area contributed by atoms with E-state index < -0.39 is 0 Å². The molecular formula is C15H31N3O. The van der Waals surface area contributed by atoms with Crippen molar-refractivity contribution in [2.75, 3.05) is 33.3 Å². The average molecular weight is 269 g/mol. The highest BCUT2D eigenvalue weighted by Crippen LogP contribution is 2.37. The molecule has 2 saturated heterocycles. The van der Waals surface area contributed by atoms with E-state index in [1.54, 1.807) is 0 Å². The van der Waals surface area contributed by atoms with Crippen LogP contribution in [0.3, 0.4) is 0 Å². The molecule has 4 nitrogen and oxygen atoms in total. The molecule has 2 heterocycles. The van der Waals surface area contributed by atoms with E-state index in [0.29, 0.717) is 12.1 Å². The zero-order chi connectivity index (χ0) is 14.3. The van der Waals surface area contributed by atoms with Crippen LogP contribution >= 0.6 is 0 Å². The van der Waals surface area contributed by atoms with Crippen molar-refractivity contribution in [2.24, 2.45) is 5.73 Å². The van der Waals surface area contributed by atoms with Gasteiger partial charge in [-0.05, 0) is 47.6 Å². The summed E-state index contributed by atoms with van der Waals surface area (Å²) in [7, 11) is 2.23. The van der Waals surface area contributed by atoms with Gasteiger partial charge < -0.3 is 10.5 Å². The number of likely N-dealkylation sites (N-methyl/N-ethyl adjacent to an activating group) is 1. The zero-order valence-electron chi connectivity index (χ0n) is 13.3. The average Bonchev–Trinajstić information content (AvgIpc) is 2.34. The Labute approximate surface area is 118 Å². The van der Waals surface area contributed by atoms with Gasteiger partial charge in [-0.25, -0.2) is 0 Å². The molecule has 4 heteroatoms. The first kappa shape index (κ1) is 15.2. The molecule has 0 aromatic carbocycles. The van der Waals surface area contributed by atoms with Crippen molar-refractivity contribution in [3.8, 4) is 0 Å². The van der Waals surface area contributed by atoms with Crippen molar-refractivity contribution in [1.82, 2.24) is 9.80 Å². The first-order chi connectivity index (χ1) is 8.80. The summed E-state index contributed by atoms with van der Waals surface area (Å²) in [6.07, 6.45) is 2.11. The lowest BCUT2D eigenvalue weighted by Crippen LogP contribution is -2.67. The van der Waals surface area contributed by atoms with E-state index in [4.69, 9.17) is 10.5 Å². The fourth-order valence-corrected chi connectivity index (χ4v) is 3.81. The third-order valence-electron chi connectivity index (χ3n) is 5.23. The molecule has 0 aliphatic carbocycles. The maximum Gasteiger partial charge on any atom is 0.0644 e. The van der Waals surface area contributed by atoms with E-state index in [9.17, 15) is 0 Å². The van der Waals surface area contributed by atoms with E-state index in [2.05, 4.69) is 44.5 Å². The molecule has 0 saturated carbocycles. The predicted molar refractivity (Wildman–Crippen MR) is 79.3 cm³/mol. The molecule has 0 radical (unpaired) electrons. The Balaban J connectivity index is 2.17. The molecule has 2 rings (SSSR count). The molecule has 2 aliphatic heterocycles. The minimum Gasteiger partial charge on any atom is -0.375 e. The highest BCUT2D eigenvalue weighted by atomic mass is 16.5. The molecule has 0 spiro atoms. The van der Waals surface area contributed by atoms with Crippen LogP contribution in [0.2, 0.25) is 0 Å². The molecule has 3 atom stereocenters. The number of hydrogen-bond acceptors (Lipinski definition) is 4. The van der Waals surface area contributed by atoms with Crippen molar-refractivity contribution < 1.29 is 4.74 Å². The highest BCUT2D eigenvalue weighted by Gasteiger charge is 2.46. The summed E-state index contributed by atoms with van der Waals surface area (Å²) in [5.74, 6) is 0. The SMILES string of the molecule is CC1CN(C2(CN)CCOC(C)(C)C2)CC(C)N1C. The minimum absolute atomic E-state index is 0.0482. The van der Waals surface area contributed by atoms with Crippen LogP contribution in [0, 0.1) is 0 Å². The Hall–Kier alpha value is -0.160. The summed E-state index contributed by atoms with van der Waals surface area (Å²) in [5, 5.41) is 0. The Bertz CT molecular complexity index is 309. The highest BCUT2D eigenvalue weighted by molar-refractivity contribution is 5.02. The van der Waals surface area contributed by atoms with Crippen LogP contribution in [0.1, 0.15) is 40.5 Å². The molecule has 0 aromatic heterocycles. The molecule has 0 bridgehead atoms. The molecule has 0 aromatic rings. The fourth-order valence-electron chi connectivity index (χ4n) is 3.81. The maximum absolute atomic E-state index is 6.20. The number of nitrogens with zero attached hydrogens (tertiary/aromatic N) is 2. The van der Waals surface area contributed by atoms with E-state index >= 15 is 0 Å². The Morgan fingerprint density at radius 1 is 1.21 bits per heavy atom.